The van der Waals surface area contributed by atoms with Gasteiger partial charge in [-0.05, 0) is 6.92 Å². The Kier molecular flexibility index (Phi) is 1.38. The average molecular weight is 151 g/mol. The third kappa shape index (κ3) is 1.00. The lowest BCUT2D eigenvalue weighted by atomic mass is 10.3. The summed E-state index contributed by atoms with van der Waals surface area (Å²) in [4.78, 5) is 0. The molecule has 0 radical (unpaired) electrons. The highest BCUT2D eigenvalue weighted by Gasteiger charge is 2.11. The molecule has 0 saturated carbocycles. The molecular weight excluding hydrogens is 142 g/mol. The summed E-state index contributed by atoms with van der Waals surface area (Å²) < 4.78 is 5.34. The Morgan fingerprint density at radius 3 is 3.36 bits per heavy atom. The van der Waals surface area contributed by atoms with Crippen LogP contribution in [0.5, 0.6) is 5.75 Å². The summed E-state index contributed by atoms with van der Waals surface area (Å²) in [6.45, 7) is 3.46. The monoisotopic (exact) mass is 151 g/mol. The van der Waals surface area contributed by atoms with Crippen molar-refractivity contribution in [2.45, 2.75) is 6.92 Å². The zero-order valence-corrected chi connectivity index (χ0v) is 6.29. The predicted octanol–water partition coefficient (Wildman–Crippen LogP) is 0.589. The van der Waals surface area contributed by atoms with E-state index in [4.69, 9.17) is 4.74 Å². The van der Waals surface area contributed by atoms with Crippen LogP contribution >= 0.6 is 0 Å². The first-order valence-electron chi connectivity index (χ1n) is 3.57. The molecule has 4 heteroatoms. The number of aromatic nitrogens is 2. The number of fused-ring (bicyclic) bond motifs is 1. The SMILES string of the molecule is Cc1nncc2c1NCCO2. The number of rotatable bonds is 0. The topological polar surface area (TPSA) is 47.0 Å². The molecular formula is C7H9N3O. The highest BCUT2D eigenvalue weighted by molar-refractivity contribution is 5.58. The Balaban J connectivity index is 2.49. The fraction of sp³-hybridized carbons (Fsp3) is 0.429. The number of nitrogens with zero attached hydrogens (tertiary/aromatic N) is 2. The summed E-state index contributed by atoms with van der Waals surface area (Å²) in [5.74, 6) is 0.809. The second-order valence-corrected chi connectivity index (χ2v) is 2.44. The van der Waals surface area contributed by atoms with Crippen LogP contribution in [0.1, 0.15) is 5.69 Å². The summed E-state index contributed by atoms with van der Waals surface area (Å²) >= 11 is 0. The third-order valence-corrected chi connectivity index (χ3v) is 1.65. The largest absolute Gasteiger partial charge is 0.488 e. The lowest BCUT2D eigenvalue weighted by Gasteiger charge is -2.18. The summed E-state index contributed by atoms with van der Waals surface area (Å²) in [5, 5.41) is 10.9. The molecule has 0 amide bonds. The maximum Gasteiger partial charge on any atom is 0.164 e. The maximum atomic E-state index is 5.34. The van der Waals surface area contributed by atoms with Crippen molar-refractivity contribution >= 4 is 5.69 Å². The predicted molar refractivity (Wildman–Crippen MR) is 40.8 cm³/mol. The van der Waals surface area contributed by atoms with E-state index in [1.807, 2.05) is 6.92 Å². The zero-order chi connectivity index (χ0) is 7.68. The normalized spacial score (nSPS) is 14.6. The minimum Gasteiger partial charge on any atom is -0.488 e. The first kappa shape index (κ1) is 6.39. The Morgan fingerprint density at radius 2 is 2.55 bits per heavy atom. The van der Waals surface area contributed by atoms with Gasteiger partial charge in [-0.2, -0.15) is 10.2 Å². The Bertz CT molecular complexity index is 274. The Morgan fingerprint density at radius 1 is 1.64 bits per heavy atom. The van der Waals surface area contributed by atoms with Crippen LogP contribution in [-0.4, -0.2) is 23.3 Å². The molecule has 2 heterocycles. The van der Waals surface area contributed by atoms with Gasteiger partial charge in [-0.1, -0.05) is 0 Å². The number of anilines is 1. The second kappa shape index (κ2) is 2.38. The standard InChI is InChI=1S/C7H9N3O/c1-5-7-6(4-9-10-5)11-3-2-8-7/h4,8H,2-3H2,1H3. The maximum absolute atomic E-state index is 5.34. The van der Waals surface area contributed by atoms with E-state index in [1.165, 1.54) is 0 Å². The smallest absolute Gasteiger partial charge is 0.164 e. The number of hydrogen-bond donors (Lipinski definition) is 1. The van der Waals surface area contributed by atoms with Crippen LogP contribution in [0.3, 0.4) is 0 Å². The first-order chi connectivity index (χ1) is 5.38. The molecule has 1 aromatic rings. The minimum absolute atomic E-state index is 0.706. The number of hydrogen-bond acceptors (Lipinski definition) is 4. The van der Waals surface area contributed by atoms with E-state index in [2.05, 4.69) is 15.5 Å². The van der Waals surface area contributed by atoms with Crippen molar-refractivity contribution in [1.29, 1.82) is 0 Å². The van der Waals surface area contributed by atoms with Gasteiger partial charge in [0.1, 0.15) is 12.3 Å². The van der Waals surface area contributed by atoms with Crippen LogP contribution in [0.25, 0.3) is 0 Å². The van der Waals surface area contributed by atoms with Gasteiger partial charge in [0.15, 0.2) is 5.75 Å². The molecule has 2 rings (SSSR count). The van der Waals surface area contributed by atoms with Gasteiger partial charge in [-0.25, -0.2) is 0 Å². The molecule has 58 valence electrons. The minimum atomic E-state index is 0.706. The fourth-order valence-corrected chi connectivity index (χ4v) is 1.12. The van der Waals surface area contributed by atoms with Crippen molar-refractivity contribution in [3.8, 4) is 5.75 Å². The molecule has 0 spiro atoms. The van der Waals surface area contributed by atoms with Crippen LogP contribution < -0.4 is 10.1 Å². The molecule has 0 atom stereocenters. The quantitative estimate of drug-likeness (QED) is 0.589. The first-order valence-corrected chi connectivity index (χ1v) is 3.57. The van der Waals surface area contributed by atoms with Crippen molar-refractivity contribution < 1.29 is 4.74 Å². The van der Waals surface area contributed by atoms with Gasteiger partial charge in [0.05, 0.1) is 11.9 Å². The lowest BCUT2D eigenvalue weighted by Crippen LogP contribution is -2.19. The molecule has 0 fully saturated rings. The zero-order valence-electron chi connectivity index (χ0n) is 6.29. The number of aryl methyl sites for hydroxylation is 1. The van der Waals surface area contributed by atoms with Gasteiger partial charge in [-0.3, -0.25) is 0 Å². The molecule has 0 aromatic carbocycles. The van der Waals surface area contributed by atoms with Gasteiger partial charge in [0, 0.05) is 6.54 Å². The van der Waals surface area contributed by atoms with Crippen LogP contribution in [0.15, 0.2) is 6.20 Å². The van der Waals surface area contributed by atoms with Crippen LogP contribution in [0.2, 0.25) is 0 Å². The molecule has 4 nitrogen and oxygen atoms in total. The van der Waals surface area contributed by atoms with Crippen LogP contribution in [-0.2, 0) is 0 Å². The van der Waals surface area contributed by atoms with E-state index in [1.54, 1.807) is 6.20 Å². The Labute approximate surface area is 64.6 Å². The Hall–Kier alpha value is -1.32. The summed E-state index contributed by atoms with van der Waals surface area (Å²) in [6, 6.07) is 0. The molecule has 1 aromatic heterocycles. The molecule has 0 aliphatic carbocycles. The molecule has 0 bridgehead atoms. The van der Waals surface area contributed by atoms with E-state index >= 15 is 0 Å². The van der Waals surface area contributed by atoms with E-state index < -0.39 is 0 Å². The van der Waals surface area contributed by atoms with Crippen molar-refractivity contribution in [2.24, 2.45) is 0 Å². The third-order valence-electron chi connectivity index (χ3n) is 1.65. The van der Waals surface area contributed by atoms with Gasteiger partial charge in [-0.15, -0.1) is 0 Å². The summed E-state index contributed by atoms with van der Waals surface area (Å²) in [7, 11) is 0. The van der Waals surface area contributed by atoms with Crippen molar-refractivity contribution in [2.75, 3.05) is 18.5 Å². The van der Waals surface area contributed by atoms with E-state index in [-0.39, 0.29) is 0 Å². The van der Waals surface area contributed by atoms with Gasteiger partial charge in [0.25, 0.3) is 0 Å². The highest BCUT2D eigenvalue weighted by atomic mass is 16.5. The molecule has 1 aliphatic heterocycles. The lowest BCUT2D eigenvalue weighted by molar-refractivity contribution is 0.320. The fourth-order valence-electron chi connectivity index (χ4n) is 1.12. The molecule has 0 saturated heterocycles. The van der Waals surface area contributed by atoms with E-state index in [9.17, 15) is 0 Å². The average Bonchev–Trinajstić information content (AvgIpc) is 2.06. The van der Waals surface area contributed by atoms with Crippen LogP contribution in [0, 0.1) is 6.92 Å². The molecule has 1 aliphatic rings. The van der Waals surface area contributed by atoms with Crippen molar-refractivity contribution in [3.05, 3.63) is 11.9 Å². The molecule has 11 heavy (non-hydrogen) atoms. The summed E-state index contributed by atoms with van der Waals surface area (Å²) in [6.07, 6.45) is 1.63. The second-order valence-electron chi connectivity index (χ2n) is 2.44. The van der Waals surface area contributed by atoms with Crippen molar-refractivity contribution in [3.63, 3.8) is 0 Å². The van der Waals surface area contributed by atoms with Gasteiger partial charge >= 0.3 is 0 Å². The van der Waals surface area contributed by atoms with Gasteiger partial charge < -0.3 is 10.1 Å². The highest BCUT2D eigenvalue weighted by Crippen LogP contribution is 2.27. The van der Waals surface area contributed by atoms with Crippen molar-refractivity contribution in [1.82, 2.24) is 10.2 Å². The van der Waals surface area contributed by atoms with Gasteiger partial charge in [0.2, 0.25) is 0 Å². The van der Waals surface area contributed by atoms with Crippen LogP contribution in [0.4, 0.5) is 5.69 Å². The molecule has 1 N–H and O–H groups in total. The molecule has 0 unspecified atom stereocenters. The summed E-state index contributed by atoms with van der Waals surface area (Å²) in [5.41, 5.74) is 1.87. The van der Waals surface area contributed by atoms with E-state index in [0.717, 1.165) is 23.7 Å². The van der Waals surface area contributed by atoms with E-state index in [0.29, 0.717) is 6.61 Å². The number of nitrogens with one attached hydrogen (secondary N) is 1. The number of ether oxygens (including phenoxy) is 1.